The molecule has 8 heteroatoms. The van der Waals surface area contributed by atoms with Gasteiger partial charge in [-0.3, -0.25) is 10.1 Å². The molecule has 7 nitrogen and oxygen atoms in total. The Labute approximate surface area is 137 Å². The zero-order valence-electron chi connectivity index (χ0n) is 12.9. The number of non-ortho nitro benzene ring substituents is 1. The Morgan fingerprint density at radius 3 is 2.54 bits per heavy atom. The van der Waals surface area contributed by atoms with Crippen LogP contribution in [0, 0.1) is 15.9 Å². The number of amides is 2. The van der Waals surface area contributed by atoms with Crippen LogP contribution in [-0.2, 0) is 0 Å². The van der Waals surface area contributed by atoms with E-state index in [2.05, 4.69) is 5.32 Å². The van der Waals surface area contributed by atoms with Crippen LogP contribution in [0.1, 0.15) is 0 Å². The number of nitrogens with one attached hydrogen (secondary N) is 1. The normalized spacial score (nSPS) is 10.1. The van der Waals surface area contributed by atoms with E-state index in [1.54, 1.807) is 19.2 Å². The highest BCUT2D eigenvalue weighted by Crippen LogP contribution is 2.16. The lowest BCUT2D eigenvalue weighted by atomic mass is 10.3. The van der Waals surface area contributed by atoms with Crippen molar-refractivity contribution < 1.29 is 18.8 Å². The summed E-state index contributed by atoms with van der Waals surface area (Å²) >= 11 is 0. The molecule has 0 unspecified atom stereocenters. The minimum atomic E-state index is -0.516. The Morgan fingerprint density at radius 1 is 1.25 bits per heavy atom. The third kappa shape index (κ3) is 4.67. The van der Waals surface area contributed by atoms with Gasteiger partial charge in [0.25, 0.3) is 5.69 Å². The number of hydrogen-bond donors (Lipinski definition) is 1. The lowest BCUT2D eigenvalue weighted by Crippen LogP contribution is -2.34. The molecule has 0 heterocycles. The van der Waals surface area contributed by atoms with Crippen molar-refractivity contribution in [1.82, 2.24) is 4.90 Å². The van der Waals surface area contributed by atoms with Gasteiger partial charge in [0.2, 0.25) is 0 Å². The number of ether oxygens (including phenoxy) is 1. The topological polar surface area (TPSA) is 84.7 Å². The van der Waals surface area contributed by atoms with Crippen molar-refractivity contribution in [3.8, 4) is 5.75 Å². The SMILES string of the molecule is CN(CCOc1ccccc1F)C(=O)Nc1ccc([N+](=O)[O-])cc1. The van der Waals surface area contributed by atoms with Crippen LogP contribution in [0.4, 0.5) is 20.6 Å². The summed E-state index contributed by atoms with van der Waals surface area (Å²) in [5.41, 5.74) is 0.382. The molecule has 0 aromatic heterocycles. The zero-order valence-corrected chi connectivity index (χ0v) is 12.9. The van der Waals surface area contributed by atoms with Crippen LogP contribution in [0.25, 0.3) is 0 Å². The van der Waals surface area contributed by atoms with Gasteiger partial charge < -0.3 is 15.0 Å². The second kappa shape index (κ2) is 7.91. The van der Waals surface area contributed by atoms with Crippen molar-refractivity contribution in [2.45, 2.75) is 0 Å². The van der Waals surface area contributed by atoms with E-state index in [4.69, 9.17) is 4.74 Å². The monoisotopic (exact) mass is 333 g/mol. The third-order valence-electron chi connectivity index (χ3n) is 3.20. The molecule has 0 saturated carbocycles. The van der Waals surface area contributed by atoms with Gasteiger partial charge in [0.15, 0.2) is 11.6 Å². The van der Waals surface area contributed by atoms with Crippen molar-refractivity contribution in [3.05, 3.63) is 64.5 Å². The standard InChI is InChI=1S/C16H16FN3O4/c1-19(10-11-24-15-5-3-2-4-14(15)17)16(21)18-12-6-8-13(9-7-12)20(22)23/h2-9H,10-11H2,1H3,(H,18,21). The van der Waals surface area contributed by atoms with Gasteiger partial charge in [0.1, 0.15) is 6.61 Å². The minimum absolute atomic E-state index is 0.0559. The number of urea groups is 1. The molecule has 0 saturated heterocycles. The van der Waals surface area contributed by atoms with E-state index in [9.17, 15) is 19.3 Å². The Morgan fingerprint density at radius 2 is 1.92 bits per heavy atom. The van der Waals surface area contributed by atoms with E-state index >= 15 is 0 Å². The number of carbonyl (C=O) groups excluding carboxylic acids is 1. The van der Waals surface area contributed by atoms with E-state index in [-0.39, 0.29) is 24.6 Å². The van der Waals surface area contributed by atoms with Crippen molar-refractivity contribution in [2.75, 3.05) is 25.5 Å². The average molecular weight is 333 g/mol. The summed E-state index contributed by atoms with van der Waals surface area (Å²) in [6.07, 6.45) is 0. The number of nitro groups is 1. The number of likely N-dealkylation sites (N-methyl/N-ethyl adjacent to an activating group) is 1. The van der Waals surface area contributed by atoms with Crippen LogP contribution >= 0.6 is 0 Å². The molecule has 2 amide bonds. The fraction of sp³-hybridized carbons (Fsp3) is 0.188. The number of nitro benzene ring substituents is 1. The fourth-order valence-electron chi connectivity index (χ4n) is 1.84. The number of hydrogen-bond acceptors (Lipinski definition) is 4. The number of rotatable bonds is 6. The molecule has 0 atom stereocenters. The van der Waals surface area contributed by atoms with E-state index < -0.39 is 16.8 Å². The molecule has 0 aliphatic rings. The van der Waals surface area contributed by atoms with Crippen molar-refractivity contribution >= 4 is 17.4 Å². The molecule has 2 rings (SSSR count). The Bertz CT molecular complexity index is 722. The predicted octanol–water partition coefficient (Wildman–Crippen LogP) is 3.28. The van der Waals surface area contributed by atoms with Crippen LogP contribution in [0.5, 0.6) is 5.75 Å². The summed E-state index contributed by atoms with van der Waals surface area (Å²) in [4.78, 5) is 23.4. The predicted molar refractivity (Wildman–Crippen MR) is 86.6 cm³/mol. The first-order chi connectivity index (χ1) is 11.5. The van der Waals surface area contributed by atoms with Crippen molar-refractivity contribution in [3.63, 3.8) is 0 Å². The van der Waals surface area contributed by atoms with E-state index in [1.165, 1.54) is 41.3 Å². The Hall–Kier alpha value is -3.16. The molecule has 126 valence electrons. The lowest BCUT2D eigenvalue weighted by molar-refractivity contribution is -0.384. The van der Waals surface area contributed by atoms with Crippen LogP contribution in [0.3, 0.4) is 0 Å². The number of para-hydroxylation sites is 1. The highest BCUT2D eigenvalue weighted by Gasteiger charge is 2.11. The Kier molecular flexibility index (Phi) is 5.67. The van der Waals surface area contributed by atoms with Crippen LogP contribution in [0.15, 0.2) is 48.5 Å². The number of carbonyl (C=O) groups is 1. The molecular formula is C16H16FN3O4. The highest BCUT2D eigenvalue weighted by atomic mass is 19.1. The number of anilines is 1. The Balaban J connectivity index is 1.81. The van der Waals surface area contributed by atoms with Crippen LogP contribution in [-0.4, -0.2) is 36.1 Å². The molecule has 0 fully saturated rings. The second-order valence-electron chi connectivity index (χ2n) is 4.93. The van der Waals surface area contributed by atoms with Gasteiger partial charge in [-0.1, -0.05) is 12.1 Å². The van der Waals surface area contributed by atoms with Gasteiger partial charge in [-0.15, -0.1) is 0 Å². The van der Waals surface area contributed by atoms with Crippen molar-refractivity contribution in [2.24, 2.45) is 0 Å². The molecule has 0 spiro atoms. The first-order valence-corrected chi connectivity index (χ1v) is 7.11. The number of benzene rings is 2. The molecule has 0 aliphatic heterocycles. The van der Waals surface area contributed by atoms with Gasteiger partial charge in [0, 0.05) is 24.9 Å². The number of nitrogens with zero attached hydrogens (tertiary/aromatic N) is 2. The van der Waals surface area contributed by atoms with Gasteiger partial charge in [0.05, 0.1) is 11.5 Å². The highest BCUT2D eigenvalue weighted by molar-refractivity contribution is 5.89. The molecule has 2 aromatic carbocycles. The molecule has 0 radical (unpaired) electrons. The summed E-state index contributed by atoms with van der Waals surface area (Å²) < 4.78 is 18.7. The fourth-order valence-corrected chi connectivity index (χ4v) is 1.84. The van der Waals surface area contributed by atoms with Crippen LogP contribution < -0.4 is 10.1 Å². The molecule has 0 bridgehead atoms. The summed E-state index contributed by atoms with van der Waals surface area (Å²) in [5, 5.41) is 13.2. The largest absolute Gasteiger partial charge is 0.489 e. The second-order valence-corrected chi connectivity index (χ2v) is 4.93. The molecule has 24 heavy (non-hydrogen) atoms. The first kappa shape index (κ1) is 17.2. The van der Waals surface area contributed by atoms with E-state index in [1.807, 2.05) is 0 Å². The van der Waals surface area contributed by atoms with Gasteiger partial charge in [-0.2, -0.15) is 0 Å². The minimum Gasteiger partial charge on any atom is -0.489 e. The number of halogens is 1. The van der Waals surface area contributed by atoms with Gasteiger partial charge in [-0.25, -0.2) is 9.18 Å². The van der Waals surface area contributed by atoms with Gasteiger partial charge in [-0.05, 0) is 24.3 Å². The maximum atomic E-state index is 13.4. The maximum absolute atomic E-state index is 13.4. The molecular weight excluding hydrogens is 317 g/mol. The summed E-state index contributed by atoms with van der Waals surface area (Å²) in [6, 6.07) is 11.1. The van der Waals surface area contributed by atoms with Crippen LogP contribution in [0.2, 0.25) is 0 Å². The summed E-state index contributed by atoms with van der Waals surface area (Å²) in [5.74, 6) is -0.336. The molecule has 0 aliphatic carbocycles. The molecule has 2 aromatic rings. The first-order valence-electron chi connectivity index (χ1n) is 7.11. The quantitative estimate of drug-likeness (QED) is 0.649. The smallest absolute Gasteiger partial charge is 0.321 e. The lowest BCUT2D eigenvalue weighted by Gasteiger charge is -2.18. The molecule has 1 N–H and O–H groups in total. The maximum Gasteiger partial charge on any atom is 0.321 e. The van der Waals surface area contributed by atoms with E-state index in [0.29, 0.717) is 5.69 Å². The van der Waals surface area contributed by atoms with E-state index in [0.717, 1.165) is 0 Å². The van der Waals surface area contributed by atoms with Crippen molar-refractivity contribution in [1.29, 1.82) is 0 Å². The zero-order chi connectivity index (χ0) is 17.5. The summed E-state index contributed by atoms with van der Waals surface area (Å²) in [6.45, 7) is 0.373. The van der Waals surface area contributed by atoms with Gasteiger partial charge >= 0.3 is 6.03 Å². The third-order valence-corrected chi connectivity index (χ3v) is 3.20. The summed E-state index contributed by atoms with van der Waals surface area (Å²) in [7, 11) is 1.56. The average Bonchev–Trinajstić information content (AvgIpc) is 2.57.